The molecule has 38 heavy (non-hydrogen) atoms. The van der Waals surface area contributed by atoms with Crippen LogP contribution < -0.4 is 4.90 Å². The summed E-state index contributed by atoms with van der Waals surface area (Å²) in [4.78, 5) is 20.7. The highest BCUT2D eigenvalue weighted by molar-refractivity contribution is 5.97. The number of anilines is 1. The van der Waals surface area contributed by atoms with Crippen molar-refractivity contribution in [1.82, 2.24) is 4.98 Å². The lowest BCUT2D eigenvalue weighted by Gasteiger charge is -2.25. The molecule has 1 fully saturated rings. The maximum Gasteiger partial charge on any atom is 0.145 e. The molecule has 0 aliphatic carbocycles. The SMILES string of the molecule is Cc1ccc([C@H](C)C(C=N)C(=O)C2CCCN(c3nccc4ccc(-c5ccc(F)cc5)cc34)CC2)cc1. The Kier molecular flexibility index (Phi) is 7.64. The summed E-state index contributed by atoms with van der Waals surface area (Å²) < 4.78 is 13.5. The lowest BCUT2D eigenvalue weighted by atomic mass is 9.79. The first-order valence-electron chi connectivity index (χ1n) is 13.4. The van der Waals surface area contributed by atoms with Crippen molar-refractivity contribution < 1.29 is 9.18 Å². The van der Waals surface area contributed by atoms with E-state index in [1.54, 1.807) is 12.1 Å². The van der Waals surface area contributed by atoms with E-state index in [9.17, 15) is 9.18 Å². The molecule has 1 aliphatic heterocycles. The third kappa shape index (κ3) is 5.38. The molecule has 3 atom stereocenters. The van der Waals surface area contributed by atoms with Crippen molar-refractivity contribution >= 4 is 28.6 Å². The summed E-state index contributed by atoms with van der Waals surface area (Å²) >= 11 is 0. The lowest BCUT2D eigenvalue weighted by molar-refractivity contribution is -0.125. The molecule has 4 nitrogen and oxygen atoms in total. The fourth-order valence-corrected chi connectivity index (χ4v) is 5.64. The summed E-state index contributed by atoms with van der Waals surface area (Å²) in [6, 6.07) is 23.1. The number of pyridine rings is 1. The van der Waals surface area contributed by atoms with E-state index in [1.165, 1.54) is 23.9 Å². The van der Waals surface area contributed by atoms with Crippen LogP contribution in [0.25, 0.3) is 21.9 Å². The maximum absolute atomic E-state index is 13.6. The van der Waals surface area contributed by atoms with Crippen LogP contribution in [-0.4, -0.2) is 30.1 Å². The quantitative estimate of drug-likeness (QED) is 0.262. The van der Waals surface area contributed by atoms with Crippen LogP contribution in [0.1, 0.15) is 43.2 Å². The van der Waals surface area contributed by atoms with Crippen LogP contribution in [-0.2, 0) is 4.79 Å². The van der Waals surface area contributed by atoms with E-state index in [0.717, 1.165) is 65.6 Å². The molecule has 194 valence electrons. The van der Waals surface area contributed by atoms with E-state index in [1.807, 2.05) is 12.3 Å². The van der Waals surface area contributed by atoms with Gasteiger partial charge in [0.25, 0.3) is 0 Å². The zero-order valence-electron chi connectivity index (χ0n) is 22.0. The summed E-state index contributed by atoms with van der Waals surface area (Å²) in [5, 5.41) is 10.2. The van der Waals surface area contributed by atoms with Crippen molar-refractivity contribution in [2.75, 3.05) is 18.0 Å². The number of rotatable bonds is 7. The third-order valence-corrected chi connectivity index (χ3v) is 8.00. The van der Waals surface area contributed by atoms with E-state index in [0.29, 0.717) is 0 Å². The molecule has 0 radical (unpaired) electrons. The average Bonchev–Trinajstić information content (AvgIpc) is 3.20. The van der Waals surface area contributed by atoms with E-state index >= 15 is 0 Å². The van der Waals surface area contributed by atoms with Gasteiger partial charge in [-0.2, -0.15) is 0 Å². The van der Waals surface area contributed by atoms with Gasteiger partial charge in [-0.25, -0.2) is 9.37 Å². The Bertz CT molecular complexity index is 1430. The van der Waals surface area contributed by atoms with Crippen LogP contribution in [0, 0.1) is 30.0 Å². The predicted octanol–water partition coefficient (Wildman–Crippen LogP) is 7.59. The molecule has 0 saturated carbocycles. The summed E-state index contributed by atoms with van der Waals surface area (Å²) in [5.41, 5.74) is 4.28. The molecule has 5 heteroatoms. The molecule has 3 aromatic carbocycles. The van der Waals surface area contributed by atoms with Gasteiger partial charge in [-0.1, -0.05) is 61.0 Å². The summed E-state index contributed by atoms with van der Waals surface area (Å²) in [7, 11) is 0. The Morgan fingerprint density at radius 2 is 1.74 bits per heavy atom. The largest absolute Gasteiger partial charge is 0.356 e. The molecule has 5 rings (SSSR count). The normalized spacial score (nSPS) is 17.6. The minimum Gasteiger partial charge on any atom is -0.356 e. The fourth-order valence-electron chi connectivity index (χ4n) is 5.64. The van der Waals surface area contributed by atoms with Gasteiger partial charge in [0, 0.05) is 36.8 Å². The standard InChI is InChI=1S/C33H34FN3O/c1-22-5-7-24(8-6-22)23(2)31(21-35)32(38)27-4-3-18-37(19-16-27)33-30-20-28(10-9-26(30)15-17-36-33)25-11-13-29(34)14-12-25/h5-15,17,20-21,23,27,31,35H,3-4,16,18-19H2,1-2H3/t23-,27?,31?/m0/s1. The highest BCUT2D eigenvalue weighted by Crippen LogP contribution is 2.34. The fraction of sp³-hybridized carbons (Fsp3) is 0.303. The number of aryl methyl sites for hydroxylation is 1. The van der Waals surface area contributed by atoms with Gasteiger partial charge < -0.3 is 10.3 Å². The van der Waals surface area contributed by atoms with Gasteiger partial charge in [-0.3, -0.25) is 4.79 Å². The topological polar surface area (TPSA) is 57.1 Å². The third-order valence-electron chi connectivity index (χ3n) is 8.00. The van der Waals surface area contributed by atoms with Crippen molar-refractivity contribution in [3.63, 3.8) is 0 Å². The number of Topliss-reactive ketones (excluding diaryl/α,β-unsaturated/α-hetero) is 1. The van der Waals surface area contributed by atoms with Crippen LogP contribution >= 0.6 is 0 Å². The number of carbonyl (C=O) groups is 1. The van der Waals surface area contributed by atoms with Gasteiger partial charge in [-0.05, 0) is 78.4 Å². The Morgan fingerprint density at radius 3 is 2.47 bits per heavy atom. The van der Waals surface area contributed by atoms with Gasteiger partial charge >= 0.3 is 0 Å². The Balaban J connectivity index is 1.35. The van der Waals surface area contributed by atoms with Crippen molar-refractivity contribution in [2.24, 2.45) is 11.8 Å². The van der Waals surface area contributed by atoms with E-state index in [4.69, 9.17) is 10.4 Å². The Labute approximate surface area is 224 Å². The van der Waals surface area contributed by atoms with Crippen molar-refractivity contribution in [3.05, 3.63) is 95.9 Å². The Hall–Kier alpha value is -3.86. The number of ketones is 1. The first-order chi connectivity index (χ1) is 18.4. The monoisotopic (exact) mass is 507 g/mol. The van der Waals surface area contributed by atoms with Crippen molar-refractivity contribution in [2.45, 2.75) is 39.0 Å². The molecule has 0 amide bonds. The molecular weight excluding hydrogens is 473 g/mol. The molecule has 4 aromatic rings. The maximum atomic E-state index is 13.6. The van der Waals surface area contributed by atoms with Gasteiger partial charge in [0.2, 0.25) is 0 Å². The second-order valence-electron chi connectivity index (χ2n) is 10.5. The Morgan fingerprint density at radius 1 is 1.00 bits per heavy atom. The molecule has 1 aromatic heterocycles. The minimum absolute atomic E-state index is 0.0235. The van der Waals surface area contributed by atoms with Gasteiger partial charge in [0.15, 0.2) is 0 Å². The first-order valence-corrected chi connectivity index (χ1v) is 13.4. The molecular formula is C33H34FN3O. The smallest absolute Gasteiger partial charge is 0.145 e. The number of aromatic nitrogens is 1. The second kappa shape index (κ2) is 11.3. The van der Waals surface area contributed by atoms with Crippen LogP contribution in [0.15, 0.2) is 79.0 Å². The summed E-state index contributed by atoms with van der Waals surface area (Å²) in [5.74, 6) is 0.358. The van der Waals surface area contributed by atoms with Crippen LogP contribution in [0.4, 0.5) is 10.2 Å². The zero-order valence-corrected chi connectivity index (χ0v) is 22.0. The molecule has 1 aliphatic rings. The first kappa shape index (κ1) is 25.8. The molecule has 0 bridgehead atoms. The molecule has 2 unspecified atom stereocenters. The van der Waals surface area contributed by atoms with E-state index in [-0.39, 0.29) is 23.4 Å². The van der Waals surface area contributed by atoms with Crippen molar-refractivity contribution in [1.29, 1.82) is 5.41 Å². The minimum atomic E-state index is -0.414. The molecule has 2 heterocycles. The zero-order chi connectivity index (χ0) is 26.6. The number of hydrogen-bond acceptors (Lipinski definition) is 4. The van der Waals surface area contributed by atoms with Crippen LogP contribution in [0.5, 0.6) is 0 Å². The average molecular weight is 508 g/mol. The highest BCUT2D eigenvalue weighted by atomic mass is 19.1. The number of benzene rings is 3. The number of halogens is 1. The number of fused-ring (bicyclic) bond motifs is 1. The molecule has 0 spiro atoms. The second-order valence-corrected chi connectivity index (χ2v) is 10.5. The van der Waals surface area contributed by atoms with Gasteiger partial charge in [0.1, 0.15) is 17.4 Å². The predicted molar refractivity (Wildman–Crippen MR) is 154 cm³/mol. The summed E-state index contributed by atoms with van der Waals surface area (Å²) in [6.07, 6.45) is 5.66. The van der Waals surface area contributed by atoms with Crippen LogP contribution in [0.2, 0.25) is 0 Å². The lowest BCUT2D eigenvalue weighted by Crippen LogP contribution is -2.30. The van der Waals surface area contributed by atoms with Gasteiger partial charge in [0.05, 0.1) is 5.92 Å². The number of hydrogen-bond donors (Lipinski definition) is 1. The van der Waals surface area contributed by atoms with E-state index < -0.39 is 5.92 Å². The van der Waals surface area contributed by atoms with Gasteiger partial charge in [-0.15, -0.1) is 0 Å². The number of carbonyl (C=O) groups excluding carboxylic acids is 1. The number of nitrogens with one attached hydrogen (secondary N) is 1. The van der Waals surface area contributed by atoms with Crippen LogP contribution in [0.3, 0.4) is 0 Å². The molecule has 1 N–H and O–H groups in total. The van der Waals surface area contributed by atoms with E-state index in [2.05, 4.69) is 61.2 Å². The number of nitrogens with zero attached hydrogens (tertiary/aromatic N) is 2. The molecule has 1 saturated heterocycles. The van der Waals surface area contributed by atoms with Crippen molar-refractivity contribution in [3.8, 4) is 11.1 Å². The highest BCUT2D eigenvalue weighted by Gasteiger charge is 2.32. The summed E-state index contributed by atoms with van der Waals surface area (Å²) in [6.45, 7) is 5.69.